The number of hydrogen-bond donors (Lipinski definition) is 1. The number of halogens is 1. The van der Waals surface area contributed by atoms with Gasteiger partial charge in [0.15, 0.2) is 0 Å². The van der Waals surface area contributed by atoms with E-state index in [4.69, 9.17) is 21.1 Å². The van der Waals surface area contributed by atoms with E-state index in [1.165, 1.54) is 37.3 Å². The van der Waals surface area contributed by atoms with Crippen LogP contribution in [0.25, 0.3) is 0 Å². The van der Waals surface area contributed by atoms with Crippen molar-refractivity contribution in [2.24, 2.45) is 0 Å². The number of carbonyl (C=O) groups excluding carboxylic acids is 2. The van der Waals surface area contributed by atoms with Crippen molar-refractivity contribution < 1.29 is 27.5 Å². The van der Waals surface area contributed by atoms with Gasteiger partial charge in [-0.15, -0.1) is 0 Å². The molecule has 9 nitrogen and oxygen atoms in total. The lowest BCUT2D eigenvalue weighted by Crippen LogP contribution is -2.56. The lowest BCUT2D eigenvalue weighted by Gasteiger charge is -2.35. The molecule has 0 aliphatic rings. The Bertz CT molecular complexity index is 1830. The van der Waals surface area contributed by atoms with E-state index in [0.29, 0.717) is 16.3 Å². The fourth-order valence-electron chi connectivity index (χ4n) is 5.18. The summed E-state index contributed by atoms with van der Waals surface area (Å²) in [6, 6.07) is 26.4. The number of aryl methyl sites for hydroxylation is 1. The zero-order valence-corrected chi connectivity index (χ0v) is 29.6. The van der Waals surface area contributed by atoms with Gasteiger partial charge in [-0.05, 0) is 75.2 Å². The number of ether oxygens (including phenoxy) is 2. The molecule has 0 fully saturated rings. The van der Waals surface area contributed by atoms with Gasteiger partial charge in [0.2, 0.25) is 11.8 Å². The van der Waals surface area contributed by atoms with Crippen molar-refractivity contribution in [2.45, 2.75) is 57.1 Å². The zero-order chi connectivity index (χ0) is 35.1. The van der Waals surface area contributed by atoms with Crippen LogP contribution in [0.3, 0.4) is 0 Å². The highest BCUT2D eigenvalue weighted by Crippen LogP contribution is 2.36. The molecule has 0 radical (unpaired) electrons. The number of benzene rings is 4. The summed E-state index contributed by atoms with van der Waals surface area (Å²) in [4.78, 5) is 30.2. The Morgan fingerprint density at radius 2 is 1.52 bits per heavy atom. The molecule has 2 amide bonds. The molecule has 11 heteroatoms. The Morgan fingerprint density at radius 1 is 0.854 bits per heavy atom. The number of rotatable bonds is 13. The molecule has 254 valence electrons. The Labute approximate surface area is 288 Å². The molecular formula is C37H42ClN3O6S. The SMILES string of the molecule is COc1ccc(OC)c(N(CC(=O)N(Cc2cccc(Cl)c2)[C@@H](Cc2ccccc2)C(=O)NC(C)(C)C)S(=O)(=O)c2ccc(C)cc2)c1. The first kappa shape index (κ1) is 36.3. The summed E-state index contributed by atoms with van der Waals surface area (Å²) in [5.41, 5.74) is 1.87. The molecule has 1 atom stereocenters. The molecule has 0 bridgehead atoms. The van der Waals surface area contributed by atoms with Crippen LogP contribution in [0.1, 0.15) is 37.5 Å². The highest BCUT2D eigenvalue weighted by atomic mass is 35.5. The van der Waals surface area contributed by atoms with Crippen LogP contribution in [0.4, 0.5) is 5.69 Å². The lowest BCUT2D eigenvalue weighted by molar-refractivity contribution is -0.140. The van der Waals surface area contributed by atoms with Gasteiger partial charge in [0, 0.05) is 29.6 Å². The zero-order valence-electron chi connectivity index (χ0n) is 28.1. The predicted octanol–water partition coefficient (Wildman–Crippen LogP) is 6.42. The first-order valence-corrected chi connectivity index (χ1v) is 17.2. The minimum Gasteiger partial charge on any atom is -0.497 e. The second-order valence-electron chi connectivity index (χ2n) is 12.5. The minimum absolute atomic E-state index is 0.0118. The fourth-order valence-corrected chi connectivity index (χ4v) is 6.81. The Balaban J connectivity index is 1.88. The monoisotopic (exact) mass is 691 g/mol. The Hall–Kier alpha value is -4.54. The lowest BCUT2D eigenvalue weighted by atomic mass is 10.0. The van der Waals surface area contributed by atoms with Gasteiger partial charge in [0.05, 0.1) is 24.8 Å². The van der Waals surface area contributed by atoms with E-state index in [9.17, 15) is 18.0 Å². The summed E-state index contributed by atoms with van der Waals surface area (Å²) in [5, 5.41) is 3.49. The molecular weight excluding hydrogens is 650 g/mol. The molecule has 0 unspecified atom stereocenters. The second-order valence-corrected chi connectivity index (χ2v) is 14.8. The van der Waals surface area contributed by atoms with E-state index in [0.717, 1.165) is 15.4 Å². The van der Waals surface area contributed by atoms with Crippen LogP contribution in [0.15, 0.2) is 102 Å². The molecule has 4 rings (SSSR count). The van der Waals surface area contributed by atoms with Gasteiger partial charge in [0.25, 0.3) is 10.0 Å². The third kappa shape index (κ3) is 9.29. The number of anilines is 1. The molecule has 48 heavy (non-hydrogen) atoms. The van der Waals surface area contributed by atoms with Crippen LogP contribution in [0, 0.1) is 6.92 Å². The van der Waals surface area contributed by atoms with Crippen LogP contribution in [0.5, 0.6) is 11.5 Å². The molecule has 0 saturated heterocycles. The predicted molar refractivity (Wildman–Crippen MR) is 189 cm³/mol. The Kier molecular flexibility index (Phi) is 11.8. The number of nitrogens with zero attached hydrogens (tertiary/aromatic N) is 2. The average molecular weight is 692 g/mol. The van der Waals surface area contributed by atoms with Gasteiger partial charge in [-0.3, -0.25) is 13.9 Å². The largest absolute Gasteiger partial charge is 0.497 e. The van der Waals surface area contributed by atoms with E-state index in [-0.39, 0.29) is 35.2 Å². The summed E-state index contributed by atoms with van der Waals surface area (Å²) < 4.78 is 40.8. The number of amides is 2. The quantitative estimate of drug-likeness (QED) is 0.174. The van der Waals surface area contributed by atoms with Crippen LogP contribution in [-0.4, -0.2) is 57.5 Å². The average Bonchev–Trinajstić information content (AvgIpc) is 3.04. The minimum atomic E-state index is -4.34. The van der Waals surface area contributed by atoms with Crippen molar-refractivity contribution in [3.05, 3.63) is 119 Å². The van der Waals surface area contributed by atoms with Gasteiger partial charge >= 0.3 is 0 Å². The normalized spacial score (nSPS) is 12.1. The van der Waals surface area contributed by atoms with E-state index >= 15 is 0 Å². The standard InChI is InChI=1S/C37H42ClN3O6S/c1-26-15-18-31(19-16-26)48(44,45)41(32-23-30(46-5)17-20-34(32)47-6)25-35(42)40(24-28-13-10-14-29(38)21-28)33(36(43)39-37(2,3)4)22-27-11-8-7-9-12-27/h7-21,23,33H,22,24-25H2,1-6H3,(H,39,43)/t33-/m0/s1. The van der Waals surface area contributed by atoms with Crippen molar-refractivity contribution in [3.63, 3.8) is 0 Å². The van der Waals surface area contributed by atoms with Crippen molar-refractivity contribution in [2.75, 3.05) is 25.1 Å². The smallest absolute Gasteiger partial charge is 0.264 e. The van der Waals surface area contributed by atoms with E-state index in [2.05, 4.69) is 5.32 Å². The van der Waals surface area contributed by atoms with Crippen LogP contribution >= 0.6 is 11.6 Å². The maximum Gasteiger partial charge on any atom is 0.264 e. The fraction of sp³-hybridized carbons (Fsp3) is 0.297. The summed E-state index contributed by atoms with van der Waals surface area (Å²) in [6.07, 6.45) is 0.183. The number of hydrogen-bond acceptors (Lipinski definition) is 6. The van der Waals surface area contributed by atoms with Gasteiger partial charge in [-0.2, -0.15) is 0 Å². The van der Waals surface area contributed by atoms with Gasteiger partial charge in [-0.25, -0.2) is 8.42 Å². The molecule has 4 aromatic carbocycles. The molecule has 1 N–H and O–H groups in total. The number of sulfonamides is 1. The summed E-state index contributed by atoms with van der Waals surface area (Å²) in [6.45, 7) is 6.78. The van der Waals surface area contributed by atoms with E-state index < -0.39 is 34.1 Å². The molecule has 4 aromatic rings. The third-order valence-electron chi connectivity index (χ3n) is 7.55. The van der Waals surface area contributed by atoms with Gasteiger partial charge < -0.3 is 19.7 Å². The first-order valence-electron chi connectivity index (χ1n) is 15.4. The first-order chi connectivity index (χ1) is 22.7. The summed E-state index contributed by atoms with van der Waals surface area (Å²) >= 11 is 6.34. The van der Waals surface area contributed by atoms with E-state index in [1.54, 1.807) is 48.5 Å². The number of methoxy groups -OCH3 is 2. The van der Waals surface area contributed by atoms with Crippen LogP contribution in [0.2, 0.25) is 5.02 Å². The third-order valence-corrected chi connectivity index (χ3v) is 9.56. The van der Waals surface area contributed by atoms with Crippen LogP contribution < -0.4 is 19.1 Å². The van der Waals surface area contributed by atoms with Crippen LogP contribution in [-0.2, 0) is 32.6 Å². The molecule has 0 aliphatic heterocycles. The highest BCUT2D eigenvalue weighted by molar-refractivity contribution is 7.92. The number of nitrogens with one attached hydrogen (secondary N) is 1. The number of carbonyl (C=O) groups is 2. The van der Waals surface area contributed by atoms with Crippen molar-refractivity contribution in [1.29, 1.82) is 0 Å². The molecule has 0 saturated carbocycles. The van der Waals surface area contributed by atoms with Crippen molar-refractivity contribution in [3.8, 4) is 11.5 Å². The maximum absolute atomic E-state index is 14.7. The highest BCUT2D eigenvalue weighted by Gasteiger charge is 2.36. The maximum atomic E-state index is 14.7. The molecule has 0 aromatic heterocycles. The summed E-state index contributed by atoms with van der Waals surface area (Å²) in [7, 11) is -1.46. The molecule has 0 aliphatic carbocycles. The van der Waals surface area contributed by atoms with E-state index in [1.807, 2.05) is 58.0 Å². The Morgan fingerprint density at radius 3 is 2.12 bits per heavy atom. The second kappa shape index (κ2) is 15.6. The van der Waals surface area contributed by atoms with Crippen molar-refractivity contribution in [1.82, 2.24) is 10.2 Å². The van der Waals surface area contributed by atoms with Gasteiger partial charge in [-0.1, -0.05) is 71.8 Å². The topological polar surface area (TPSA) is 105 Å². The van der Waals surface area contributed by atoms with Crippen molar-refractivity contribution >= 4 is 39.1 Å². The molecule has 0 spiro atoms. The van der Waals surface area contributed by atoms with Gasteiger partial charge in [0.1, 0.15) is 24.1 Å². The summed E-state index contributed by atoms with van der Waals surface area (Å²) in [5.74, 6) is -0.411. The molecule has 0 heterocycles.